The molecule has 19 heavy (non-hydrogen) atoms. The van der Waals surface area contributed by atoms with E-state index < -0.39 is 11.3 Å². The fourth-order valence-corrected chi connectivity index (χ4v) is 2.64. The minimum Gasteiger partial charge on any atom is -0.368 e. The zero-order valence-electron chi connectivity index (χ0n) is 11.8. The molecule has 1 fully saturated rings. The van der Waals surface area contributed by atoms with Crippen molar-refractivity contribution in [2.24, 2.45) is 11.1 Å². The molecule has 0 aromatic carbocycles. The highest BCUT2D eigenvalue weighted by Gasteiger charge is 2.42. The molecule has 5 nitrogen and oxygen atoms in total. The number of rotatable bonds is 4. The lowest BCUT2D eigenvalue weighted by molar-refractivity contribution is -0.144. The lowest BCUT2D eigenvalue weighted by atomic mass is 9.80. The van der Waals surface area contributed by atoms with Gasteiger partial charge in [0.25, 0.3) is 0 Å². The van der Waals surface area contributed by atoms with Gasteiger partial charge in [0.15, 0.2) is 0 Å². The number of hydrogen-bond acceptors (Lipinski definition) is 3. The number of primary amides is 1. The van der Waals surface area contributed by atoms with E-state index in [1.165, 1.54) is 4.90 Å². The highest BCUT2D eigenvalue weighted by molar-refractivity contribution is 5.89. The molecule has 0 atom stereocenters. The highest BCUT2D eigenvalue weighted by Crippen LogP contribution is 2.36. The highest BCUT2D eigenvalue weighted by atomic mass is 16.2. The minimum absolute atomic E-state index is 0.111. The number of nitrogens with zero attached hydrogens (tertiary/aromatic N) is 2. The van der Waals surface area contributed by atoms with E-state index >= 15 is 0 Å². The summed E-state index contributed by atoms with van der Waals surface area (Å²) < 4.78 is 0. The van der Waals surface area contributed by atoms with Crippen LogP contribution in [0.25, 0.3) is 0 Å². The summed E-state index contributed by atoms with van der Waals surface area (Å²) in [5.41, 5.74) is 4.24. The topological polar surface area (TPSA) is 87.2 Å². The Morgan fingerprint density at radius 1 is 1.26 bits per heavy atom. The molecule has 0 radical (unpaired) electrons. The number of nitriles is 1. The molecule has 1 aliphatic rings. The number of amides is 2. The molecule has 0 bridgehead atoms. The van der Waals surface area contributed by atoms with Crippen molar-refractivity contribution in [1.82, 2.24) is 4.90 Å². The van der Waals surface area contributed by atoms with Gasteiger partial charge in [0.05, 0.1) is 12.6 Å². The second kappa shape index (κ2) is 6.55. The van der Waals surface area contributed by atoms with Gasteiger partial charge in [-0.2, -0.15) is 5.26 Å². The van der Waals surface area contributed by atoms with Crippen molar-refractivity contribution in [3.8, 4) is 6.07 Å². The van der Waals surface area contributed by atoms with Crippen molar-refractivity contribution in [1.29, 1.82) is 5.26 Å². The van der Waals surface area contributed by atoms with Crippen molar-refractivity contribution in [3.63, 3.8) is 0 Å². The molecule has 1 aliphatic carbocycles. The summed E-state index contributed by atoms with van der Waals surface area (Å²) in [4.78, 5) is 25.2. The lowest BCUT2D eigenvalue weighted by Gasteiger charge is -2.33. The molecule has 1 saturated carbocycles. The van der Waals surface area contributed by atoms with Gasteiger partial charge in [-0.15, -0.1) is 0 Å². The molecule has 2 amide bonds. The van der Waals surface area contributed by atoms with Crippen LogP contribution in [-0.2, 0) is 9.59 Å². The van der Waals surface area contributed by atoms with Gasteiger partial charge in [0.1, 0.15) is 5.41 Å². The third-order valence-corrected chi connectivity index (χ3v) is 3.79. The van der Waals surface area contributed by atoms with E-state index in [4.69, 9.17) is 5.73 Å². The van der Waals surface area contributed by atoms with Crippen LogP contribution < -0.4 is 5.73 Å². The van der Waals surface area contributed by atoms with E-state index in [9.17, 15) is 14.9 Å². The Morgan fingerprint density at radius 3 is 2.16 bits per heavy atom. The first-order valence-electron chi connectivity index (χ1n) is 6.93. The van der Waals surface area contributed by atoms with Crippen LogP contribution in [0.4, 0.5) is 0 Å². The molecule has 2 N–H and O–H groups in total. The van der Waals surface area contributed by atoms with Crippen molar-refractivity contribution in [3.05, 3.63) is 0 Å². The van der Waals surface area contributed by atoms with Crippen LogP contribution in [0.1, 0.15) is 52.4 Å². The quantitative estimate of drug-likeness (QED) is 0.783. The Labute approximate surface area is 114 Å². The predicted octanol–water partition coefficient (Wildman–Crippen LogP) is 1.57. The van der Waals surface area contributed by atoms with E-state index in [2.05, 4.69) is 6.07 Å². The third-order valence-electron chi connectivity index (χ3n) is 3.79. The van der Waals surface area contributed by atoms with Gasteiger partial charge in [-0.25, -0.2) is 0 Å². The molecule has 0 aromatic rings. The maximum atomic E-state index is 12.7. The molecule has 0 unspecified atom stereocenters. The first-order chi connectivity index (χ1) is 8.93. The van der Waals surface area contributed by atoms with Crippen LogP contribution >= 0.6 is 0 Å². The van der Waals surface area contributed by atoms with E-state index in [-0.39, 0.29) is 18.5 Å². The smallest absolute Gasteiger partial charge is 0.243 e. The first-order valence-corrected chi connectivity index (χ1v) is 6.93. The minimum atomic E-state index is -0.962. The number of carbonyl (C=O) groups is 2. The largest absolute Gasteiger partial charge is 0.368 e. The van der Waals surface area contributed by atoms with Gasteiger partial charge in [-0.3, -0.25) is 9.59 Å². The van der Waals surface area contributed by atoms with E-state index in [0.29, 0.717) is 12.8 Å². The maximum absolute atomic E-state index is 12.7. The molecule has 0 aromatic heterocycles. The van der Waals surface area contributed by atoms with E-state index in [0.717, 1.165) is 25.7 Å². The Hall–Kier alpha value is -1.57. The van der Waals surface area contributed by atoms with E-state index in [1.807, 2.05) is 13.8 Å². The van der Waals surface area contributed by atoms with Crippen LogP contribution in [0.2, 0.25) is 0 Å². The molecule has 0 heterocycles. The normalized spacial score (nSPS) is 18.4. The van der Waals surface area contributed by atoms with Gasteiger partial charge in [-0.1, -0.05) is 25.7 Å². The van der Waals surface area contributed by atoms with Crippen LogP contribution in [0, 0.1) is 16.7 Å². The number of hydrogen-bond donors (Lipinski definition) is 1. The average molecular weight is 265 g/mol. The lowest BCUT2D eigenvalue weighted by Crippen LogP contribution is -2.49. The fraction of sp³-hybridized carbons (Fsp3) is 0.786. The number of nitrogens with two attached hydrogens (primary N) is 1. The van der Waals surface area contributed by atoms with Crippen LogP contribution in [0.15, 0.2) is 0 Å². The van der Waals surface area contributed by atoms with Gasteiger partial charge in [0, 0.05) is 6.04 Å². The Morgan fingerprint density at radius 2 is 1.79 bits per heavy atom. The summed E-state index contributed by atoms with van der Waals surface area (Å²) in [6.45, 7) is 3.56. The molecule has 5 heteroatoms. The second-order valence-corrected chi connectivity index (χ2v) is 5.60. The SMILES string of the molecule is CC(C)N(CC(N)=O)C(=O)C1(C#N)CCCCCC1. The summed E-state index contributed by atoms with van der Waals surface area (Å²) in [5, 5.41) is 9.49. The van der Waals surface area contributed by atoms with Gasteiger partial charge in [-0.05, 0) is 26.7 Å². The first kappa shape index (κ1) is 15.5. The van der Waals surface area contributed by atoms with Crippen molar-refractivity contribution < 1.29 is 9.59 Å². The van der Waals surface area contributed by atoms with Crippen molar-refractivity contribution in [2.75, 3.05) is 6.54 Å². The summed E-state index contributed by atoms with van der Waals surface area (Å²) in [6.07, 6.45) is 5.08. The Kier molecular flexibility index (Phi) is 5.34. The maximum Gasteiger partial charge on any atom is 0.243 e. The molecule has 0 aliphatic heterocycles. The molecule has 0 spiro atoms. The van der Waals surface area contributed by atoms with Gasteiger partial charge < -0.3 is 10.6 Å². The molecule has 106 valence electrons. The number of carbonyl (C=O) groups excluding carboxylic acids is 2. The van der Waals surface area contributed by atoms with E-state index in [1.54, 1.807) is 0 Å². The zero-order valence-corrected chi connectivity index (χ0v) is 11.8. The standard InChI is InChI=1S/C14H23N3O2/c1-11(2)17(9-12(16)18)13(19)14(10-15)7-5-3-4-6-8-14/h11H,3-9H2,1-2H3,(H2,16,18). The molecule has 0 saturated heterocycles. The second-order valence-electron chi connectivity index (χ2n) is 5.60. The van der Waals surface area contributed by atoms with Gasteiger partial charge >= 0.3 is 0 Å². The average Bonchev–Trinajstić information content (AvgIpc) is 2.60. The Bertz CT molecular complexity index is 377. The third kappa shape index (κ3) is 3.69. The zero-order chi connectivity index (χ0) is 14.5. The van der Waals surface area contributed by atoms with Crippen molar-refractivity contribution in [2.45, 2.75) is 58.4 Å². The molecular formula is C14H23N3O2. The Balaban J connectivity index is 2.97. The van der Waals surface area contributed by atoms with Crippen LogP contribution in [0.3, 0.4) is 0 Å². The monoisotopic (exact) mass is 265 g/mol. The molecular weight excluding hydrogens is 242 g/mol. The predicted molar refractivity (Wildman–Crippen MR) is 71.8 cm³/mol. The van der Waals surface area contributed by atoms with Crippen LogP contribution in [0.5, 0.6) is 0 Å². The summed E-state index contributed by atoms with van der Waals surface area (Å²) in [6, 6.07) is 2.09. The fourth-order valence-electron chi connectivity index (χ4n) is 2.64. The van der Waals surface area contributed by atoms with Crippen LogP contribution in [-0.4, -0.2) is 29.3 Å². The summed E-state index contributed by atoms with van der Waals surface area (Å²) in [5.74, 6) is -0.769. The molecule has 1 rings (SSSR count). The van der Waals surface area contributed by atoms with Gasteiger partial charge in [0.2, 0.25) is 11.8 Å². The summed E-state index contributed by atoms with van der Waals surface area (Å²) in [7, 11) is 0. The van der Waals surface area contributed by atoms with Crippen molar-refractivity contribution >= 4 is 11.8 Å². The summed E-state index contributed by atoms with van der Waals surface area (Å²) >= 11 is 0.